The van der Waals surface area contributed by atoms with Gasteiger partial charge in [0.05, 0.1) is 18.8 Å². The highest BCUT2D eigenvalue weighted by atomic mass is 16.3. The van der Waals surface area contributed by atoms with Crippen molar-refractivity contribution in [1.29, 1.82) is 0 Å². The summed E-state index contributed by atoms with van der Waals surface area (Å²) < 4.78 is 0. The predicted molar refractivity (Wildman–Crippen MR) is 262 cm³/mol. The maximum absolute atomic E-state index is 12.4. The lowest BCUT2D eigenvalue weighted by atomic mass is 10.0. The molecule has 4 nitrogen and oxygen atoms in total. The highest BCUT2D eigenvalue weighted by Crippen LogP contribution is 2.16. The van der Waals surface area contributed by atoms with Crippen molar-refractivity contribution in [3.63, 3.8) is 0 Å². The first-order valence-electron chi connectivity index (χ1n) is 25.3. The Balaban J connectivity index is 3.62. The Bertz CT molecular complexity index is 1070. The van der Waals surface area contributed by atoms with Crippen molar-refractivity contribution < 1.29 is 15.0 Å². The summed E-state index contributed by atoms with van der Waals surface area (Å²) in [6.45, 7) is 4.18. The maximum atomic E-state index is 12.4. The van der Waals surface area contributed by atoms with Crippen LogP contribution in [-0.4, -0.2) is 34.9 Å². The van der Waals surface area contributed by atoms with Crippen LogP contribution in [0, 0.1) is 0 Å². The van der Waals surface area contributed by atoms with E-state index in [0.29, 0.717) is 6.42 Å². The van der Waals surface area contributed by atoms with E-state index in [1.54, 1.807) is 6.08 Å². The molecular formula is C55H97NO3. The third kappa shape index (κ3) is 46.5. The Morgan fingerprint density at radius 3 is 1.19 bits per heavy atom. The quantitative estimate of drug-likeness (QED) is 0.0423. The number of carbonyl (C=O) groups excluding carboxylic acids is 1. The van der Waals surface area contributed by atoms with Crippen molar-refractivity contribution >= 4 is 5.91 Å². The average Bonchev–Trinajstić information content (AvgIpc) is 3.24. The van der Waals surface area contributed by atoms with E-state index >= 15 is 0 Å². The number of carbonyl (C=O) groups is 1. The fourth-order valence-electron chi connectivity index (χ4n) is 7.28. The number of nitrogens with one attached hydrogen (secondary N) is 1. The van der Waals surface area contributed by atoms with Crippen LogP contribution in [-0.2, 0) is 4.79 Å². The lowest BCUT2D eigenvalue weighted by molar-refractivity contribution is -0.123. The van der Waals surface area contributed by atoms with Crippen LogP contribution in [0.25, 0.3) is 0 Å². The second kappa shape index (κ2) is 49.9. The zero-order valence-corrected chi connectivity index (χ0v) is 39.0. The van der Waals surface area contributed by atoms with Crippen LogP contribution in [0.3, 0.4) is 0 Å². The SMILES string of the molecule is CC/C=C\C/C=C\C/C=C\C/C=C\C/C=C\CCCCCC(=O)NC(CO)C(O)/C=C/CC/C=C/CCCCCCCCCCCCCCCCCCCCCCCC. The number of allylic oxidation sites excluding steroid dienone is 13. The topological polar surface area (TPSA) is 69.6 Å². The molecule has 0 aromatic rings. The van der Waals surface area contributed by atoms with Crippen LogP contribution in [0.1, 0.15) is 239 Å². The fourth-order valence-corrected chi connectivity index (χ4v) is 7.28. The molecule has 2 unspecified atom stereocenters. The molecule has 0 rings (SSSR count). The molecule has 0 aromatic carbocycles. The van der Waals surface area contributed by atoms with E-state index < -0.39 is 12.1 Å². The van der Waals surface area contributed by atoms with Crippen LogP contribution < -0.4 is 5.32 Å². The standard InChI is InChI=1S/C55H97NO3/c1-3-5-7-9-11-13-15-17-19-21-23-24-25-26-27-28-29-30-31-33-34-36-38-40-42-44-46-48-50-54(58)53(52-57)56-55(59)51-49-47-45-43-41-39-37-35-32-22-20-18-16-14-12-10-8-6-4-2/h6,8,12,14,18,20,32,35,39-42,48,50,53-54,57-58H,3-5,7,9-11,13,15-17,19,21-31,33-34,36-38,43-47,49,51-52H2,1-2H3,(H,56,59)/b8-6-,14-12-,20-18-,35-32-,41-39-,42-40+,50-48+. The molecule has 0 spiro atoms. The summed E-state index contributed by atoms with van der Waals surface area (Å²) in [7, 11) is 0. The molecule has 1 amide bonds. The van der Waals surface area contributed by atoms with Crippen molar-refractivity contribution in [3.8, 4) is 0 Å². The van der Waals surface area contributed by atoms with Gasteiger partial charge in [0.2, 0.25) is 5.91 Å². The summed E-state index contributed by atoms with van der Waals surface area (Å²) >= 11 is 0. The molecule has 0 aliphatic rings. The van der Waals surface area contributed by atoms with E-state index in [4.69, 9.17) is 0 Å². The predicted octanol–water partition coefficient (Wildman–Crippen LogP) is 16.4. The van der Waals surface area contributed by atoms with Gasteiger partial charge in [-0.1, -0.05) is 240 Å². The molecule has 340 valence electrons. The minimum absolute atomic E-state index is 0.107. The zero-order valence-electron chi connectivity index (χ0n) is 39.0. The first-order chi connectivity index (χ1) is 29.2. The van der Waals surface area contributed by atoms with Gasteiger partial charge in [0.1, 0.15) is 0 Å². The zero-order chi connectivity index (χ0) is 42.8. The summed E-state index contributed by atoms with van der Waals surface area (Å²) in [4.78, 5) is 12.4. The minimum atomic E-state index is -0.882. The van der Waals surface area contributed by atoms with Crippen molar-refractivity contribution in [2.75, 3.05) is 6.61 Å². The highest BCUT2D eigenvalue weighted by Gasteiger charge is 2.17. The minimum Gasteiger partial charge on any atom is -0.394 e. The highest BCUT2D eigenvalue weighted by molar-refractivity contribution is 5.76. The van der Waals surface area contributed by atoms with Crippen LogP contribution in [0.4, 0.5) is 0 Å². The summed E-state index contributed by atoms with van der Waals surface area (Å²) in [5.74, 6) is -0.107. The molecule has 0 bridgehead atoms. The monoisotopic (exact) mass is 820 g/mol. The number of aliphatic hydroxyl groups is 2. The second-order valence-electron chi connectivity index (χ2n) is 16.8. The molecule has 0 saturated heterocycles. The summed E-state index contributed by atoms with van der Waals surface area (Å²) in [6, 6.07) is -0.662. The van der Waals surface area contributed by atoms with E-state index in [-0.39, 0.29) is 12.5 Å². The molecule has 0 aliphatic carbocycles. The van der Waals surface area contributed by atoms with Crippen LogP contribution in [0.15, 0.2) is 85.1 Å². The molecule has 0 heterocycles. The van der Waals surface area contributed by atoms with Crippen LogP contribution in [0.5, 0.6) is 0 Å². The first-order valence-corrected chi connectivity index (χ1v) is 25.3. The summed E-state index contributed by atoms with van der Waals surface area (Å²) in [6.07, 6.45) is 73.0. The molecule has 2 atom stereocenters. The van der Waals surface area contributed by atoms with Gasteiger partial charge < -0.3 is 15.5 Å². The average molecular weight is 820 g/mol. The first kappa shape index (κ1) is 56.6. The summed E-state index contributed by atoms with van der Waals surface area (Å²) in [5, 5.41) is 23.0. The molecular weight excluding hydrogens is 723 g/mol. The Hall–Kier alpha value is -2.43. The molecule has 3 N–H and O–H groups in total. The lowest BCUT2D eigenvalue weighted by Gasteiger charge is -2.19. The Kier molecular flexibility index (Phi) is 47.9. The summed E-state index contributed by atoms with van der Waals surface area (Å²) in [5.41, 5.74) is 0. The third-order valence-electron chi connectivity index (χ3n) is 11.1. The van der Waals surface area contributed by atoms with Crippen molar-refractivity contribution in [1.82, 2.24) is 5.32 Å². The Labute approximate surface area is 367 Å². The van der Waals surface area contributed by atoms with Crippen LogP contribution in [0.2, 0.25) is 0 Å². The lowest BCUT2D eigenvalue weighted by Crippen LogP contribution is -2.45. The van der Waals surface area contributed by atoms with E-state index in [1.165, 1.54) is 141 Å². The van der Waals surface area contributed by atoms with E-state index in [2.05, 4.69) is 92.1 Å². The van der Waals surface area contributed by atoms with Gasteiger partial charge in [-0.2, -0.15) is 0 Å². The largest absolute Gasteiger partial charge is 0.394 e. The molecule has 0 aliphatic heterocycles. The van der Waals surface area contributed by atoms with Gasteiger partial charge in [-0.15, -0.1) is 0 Å². The van der Waals surface area contributed by atoms with Crippen molar-refractivity contribution in [3.05, 3.63) is 85.1 Å². The van der Waals surface area contributed by atoms with E-state index in [0.717, 1.165) is 77.0 Å². The Morgan fingerprint density at radius 2 is 0.763 bits per heavy atom. The number of rotatable bonds is 45. The second-order valence-corrected chi connectivity index (χ2v) is 16.8. The Morgan fingerprint density at radius 1 is 0.424 bits per heavy atom. The normalized spacial score (nSPS) is 13.6. The van der Waals surface area contributed by atoms with Gasteiger partial charge in [0.25, 0.3) is 0 Å². The van der Waals surface area contributed by atoms with Gasteiger partial charge >= 0.3 is 0 Å². The molecule has 4 heteroatoms. The van der Waals surface area contributed by atoms with Gasteiger partial charge in [0.15, 0.2) is 0 Å². The number of hydrogen-bond donors (Lipinski definition) is 3. The molecule has 59 heavy (non-hydrogen) atoms. The maximum Gasteiger partial charge on any atom is 0.220 e. The molecule has 0 fully saturated rings. The molecule has 0 radical (unpaired) electrons. The number of unbranched alkanes of at least 4 members (excludes halogenated alkanes) is 26. The number of aliphatic hydroxyl groups excluding tert-OH is 2. The van der Waals surface area contributed by atoms with Gasteiger partial charge in [-0.25, -0.2) is 0 Å². The van der Waals surface area contributed by atoms with E-state index in [9.17, 15) is 15.0 Å². The molecule has 0 saturated carbocycles. The van der Waals surface area contributed by atoms with Crippen molar-refractivity contribution in [2.45, 2.75) is 251 Å². The number of hydrogen-bond acceptors (Lipinski definition) is 3. The van der Waals surface area contributed by atoms with E-state index in [1.807, 2.05) is 6.08 Å². The van der Waals surface area contributed by atoms with Crippen molar-refractivity contribution in [2.24, 2.45) is 0 Å². The molecule has 0 aromatic heterocycles. The van der Waals surface area contributed by atoms with Gasteiger partial charge in [-0.3, -0.25) is 4.79 Å². The fraction of sp³-hybridized carbons (Fsp3) is 0.727. The van der Waals surface area contributed by atoms with Gasteiger partial charge in [-0.05, 0) is 77.0 Å². The number of amides is 1. The van der Waals surface area contributed by atoms with Crippen LogP contribution >= 0.6 is 0 Å². The smallest absolute Gasteiger partial charge is 0.220 e. The van der Waals surface area contributed by atoms with Gasteiger partial charge in [0, 0.05) is 6.42 Å². The third-order valence-corrected chi connectivity index (χ3v) is 11.1.